The maximum absolute atomic E-state index is 5.22. The third-order valence-corrected chi connectivity index (χ3v) is 5.30. The number of nitrogens with zero attached hydrogens (tertiary/aromatic N) is 2. The number of nitrogens with one attached hydrogen (secondary N) is 2. The van der Waals surface area contributed by atoms with Crippen LogP contribution in [-0.2, 0) is 19.3 Å². The molecule has 1 aromatic carbocycles. The van der Waals surface area contributed by atoms with Crippen molar-refractivity contribution in [3.63, 3.8) is 0 Å². The first-order valence-electron chi connectivity index (χ1n) is 9.59. The van der Waals surface area contributed by atoms with Crippen LogP contribution in [-0.4, -0.2) is 24.7 Å². The molecule has 0 saturated carbocycles. The minimum Gasteiger partial charge on any atom is -0.361 e. The molecule has 5 heteroatoms. The molecule has 0 bridgehead atoms. The van der Waals surface area contributed by atoms with E-state index < -0.39 is 0 Å². The predicted octanol–water partition coefficient (Wildman–Crippen LogP) is 3.64. The van der Waals surface area contributed by atoms with E-state index in [-0.39, 0.29) is 6.04 Å². The predicted molar refractivity (Wildman–Crippen MR) is 106 cm³/mol. The summed E-state index contributed by atoms with van der Waals surface area (Å²) in [6, 6.07) is 7.13. The SMILES string of the molecule is CN=C(NCCc1c(C)noc1C)NC(C)c1ccc2c(c1)CCCC2. The Kier molecular flexibility index (Phi) is 5.96. The molecule has 0 spiro atoms. The molecule has 1 heterocycles. The van der Waals surface area contributed by atoms with Crippen LogP contribution in [0.4, 0.5) is 0 Å². The van der Waals surface area contributed by atoms with Crippen LogP contribution in [0.3, 0.4) is 0 Å². The number of guanidine groups is 1. The molecular formula is C21H30N4O. The number of fused-ring (bicyclic) bond motifs is 1. The number of hydrogen-bond donors (Lipinski definition) is 2. The first-order valence-corrected chi connectivity index (χ1v) is 9.59. The van der Waals surface area contributed by atoms with Gasteiger partial charge in [-0.25, -0.2) is 0 Å². The summed E-state index contributed by atoms with van der Waals surface area (Å²) in [6.07, 6.45) is 5.93. The molecule has 1 unspecified atom stereocenters. The summed E-state index contributed by atoms with van der Waals surface area (Å²) in [7, 11) is 1.81. The Balaban J connectivity index is 1.56. The van der Waals surface area contributed by atoms with Crippen molar-refractivity contribution in [3.8, 4) is 0 Å². The third kappa shape index (κ3) is 4.26. The number of aryl methyl sites for hydroxylation is 4. The highest BCUT2D eigenvalue weighted by molar-refractivity contribution is 5.80. The standard InChI is InChI=1S/C21H30N4O/c1-14(18-10-9-17-7-5-6-8-19(17)13-18)24-21(22-4)23-12-11-20-15(2)25-26-16(20)3/h9-10,13-14H,5-8,11-12H2,1-4H3,(H2,22,23,24). The molecule has 0 fully saturated rings. The van der Waals surface area contributed by atoms with Gasteiger partial charge in [-0.3, -0.25) is 4.99 Å². The van der Waals surface area contributed by atoms with Crippen LogP contribution in [0.25, 0.3) is 0 Å². The van der Waals surface area contributed by atoms with E-state index in [9.17, 15) is 0 Å². The third-order valence-electron chi connectivity index (χ3n) is 5.30. The van der Waals surface area contributed by atoms with E-state index in [0.717, 1.165) is 30.4 Å². The second-order valence-electron chi connectivity index (χ2n) is 7.15. The van der Waals surface area contributed by atoms with Gasteiger partial charge in [-0.1, -0.05) is 23.4 Å². The van der Waals surface area contributed by atoms with E-state index in [1.807, 2.05) is 20.9 Å². The molecule has 1 aliphatic carbocycles. The average molecular weight is 354 g/mol. The van der Waals surface area contributed by atoms with Gasteiger partial charge in [0, 0.05) is 19.2 Å². The summed E-state index contributed by atoms with van der Waals surface area (Å²) >= 11 is 0. The molecular weight excluding hydrogens is 324 g/mol. The van der Waals surface area contributed by atoms with Gasteiger partial charge in [0.05, 0.1) is 11.7 Å². The van der Waals surface area contributed by atoms with Crippen molar-refractivity contribution < 1.29 is 4.52 Å². The fourth-order valence-electron chi connectivity index (χ4n) is 3.67. The zero-order valence-corrected chi connectivity index (χ0v) is 16.4. The smallest absolute Gasteiger partial charge is 0.191 e. The molecule has 5 nitrogen and oxygen atoms in total. The van der Waals surface area contributed by atoms with Crippen molar-refractivity contribution >= 4 is 5.96 Å². The number of benzene rings is 1. The van der Waals surface area contributed by atoms with Crippen LogP contribution in [0.2, 0.25) is 0 Å². The molecule has 2 aromatic rings. The van der Waals surface area contributed by atoms with Gasteiger partial charge in [0.2, 0.25) is 0 Å². The first-order chi connectivity index (χ1) is 12.6. The van der Waals surface area contributed by atoms with E-state index >= 15 is 0 Å². The lowest BCUT2D eigenvalue weighted by molar-refractivity contribution is 0.392. The van der Waals surface area contributed by atoms with E-state index in [0.29, 0.717) is 0 Å². The second-order valence-corrected chi connectivity index (χ2v) is 7.15. The quantitative estimate of drug-likeness (QED) is 0.636. The number of aliphatic imine (C=N–C) groups is 1. The molecule has 0 amide bonds. The molecule has 1 aliphatic rings. The molecule has 1 aromatic heterocycles. The zero-order chi connectivity index (χ0) is 18.5. The highest BCUT2D eigenvalue weighted by Crippen LogP contribution is 2.24. The van der Waals surface area contributed by atoms with Crippen molar-refractivity contribution in [2.75, 3.05) is 13.6 Å². The Morgan fingerprint density at radius 1 is 1.23 bits per heavy atom. The van der Waals surface area contributed by atoms with Gasteiger partial charge in [-0.05, 0) is 69.6 Å². The number of rotatable bonds is 5. The summed E-state index contributed by atoms with van der Waals surface area (Å²) in [5.41, 5.74) is 6.50. The van der Waals surface area contributed by atoms with E-state index in [2.05, 4.69) is 45.9 Å². The van der Waals surface area contributed by atoms with E-state index in [1.54, 1.807) is 0 Å². The molecule has 0 radical (unpaired) electrons. The molecule has 26 heavy (non-hydrogen) atoms. The highest BCUT2D eigenvalue weighted by atomic mass is 16.5. The summed E-state index contributed by atoms with van der Waals surface area (Å²) in [6.45, 7) is 6.92. The summed E-state index contributed by atoms with van der Waals surface area (Å²) < 4.78 is 5.22. The van der Waals surface area contributed by atoms with Crippen molar-refractivity contribution in [1.29, 1.82) is 0 Å². The Labute approximate surface area is 156 Å². The normalized spacial score (nSPS) is 15.5. The fraction of sp³-hybridized carbons (Fsp3) is 0.524. The van der Waals surface area contributed by atoms with Crippen molar-refractivity contribution in [2.24, 2.45) is 4.99 Å². The lowest BCUT2D eigenvalue weighted by atomic mass is 9.89. The van der Waals surface area contributed by atoms with E-state index in [1.165, 1.54) is 47.9 Å². The zero-order valence-electron chi connectivity index (χ0n) is 16.4. The van der Waals surface area contributed by atoms with Gasteiger partial charge in [0.25, 0.3) is 0 Å². The topological polar surface area (TPSA) is 62.5 Å². The summed E-state index contributed by atoms with van der Waals surface area (Å²) in [4.78, 5) is 4.36. The molecule has 0 aliphatic heterocycles. The van der Waals surface area contributed by atoms with Crippen LogP contribution in [0.1, 0.15) is 59.5 Å². The Morgan fingerprint density at radius 3 is 2.69 bits per heavy atom. The van der Waals surface area contributed by atoms with Crippen molar-refractivity contribution in [1.82, 2.24) is 15.8 Å². The van der Waals surface area contributed by atoms with Crippen LogP contribution < -0.4 is 10.6 Å². The van der Waals surface area contributed by atoms with Crippen LogP contribution in [0, 0.1) is 13.8 Å². The number of aromatic nitrogens is 1. The summed E-state index contributed by atoms with van der Waals surface area (Å²) in [5.74, 6) is 1.72. The Hall–Kier alpha value is -2.30. The Morgan fingerprint density at radius 2 is 2.00 bits per heavy atom. The molecule has 2 N–H and O–H groups in total. The maximum atomic E-state index is 5.22. The largest absolute Gasteiger partial charge is 0.361 e. The fourth-order valence-corrected chi connectivity index (χ4v) is 3.67. The van der Waals surface area contributed by atoms with E-state index in [4.69, 9.17) is 4.52 Å². The van der Waals surface area contributed by atoms with Crippen LogP contribution in [0.5, 0.6) is 0 Å². The molecule has 140 valence electrons. The van der Waals surface area contributed by atoms with Gasteiger partial charge in [0.1, 0.15) is 5.76 Å². The molecule has 0 saturated heterocycles. The first kappa shape index (κ1) is 18.5. The van der Waals surface area contributed by atoms with Gasteiger partial charge < -0.3 is 15.2 Å². The van der Waals surface area contributed by atoms with Crippen LogP contribution >= 0.6 is 0 Å². The highest BCUT2D eigenvalue weighted by Gasteiger charge is 2.14. The van der Waals surface area contributed by atoms with Crippen molar-refractivity contribution in [2.45, 2.75) is 58.9 Å². The van der Waals surface area contributed by atoms with Gasteiger partial charge in [-0.15, -0.1) is 0 Å². The van der Waals surface area contributed by atoms with Gasteiger partial charge in [0.15, 0.2) is 5.96 Å². The Bertz CT molecular complexity index is 759. The van der Waals surface area contributed by atoms with Gasteiger partial charge in [-0.2, -0.15) is 0 Å². The average Bonchev–Trinajstić information content (AvgIpc) is 2.98. The lowest BCUT2D eigenvalue weighted by Gasteiger charge is -2.21. The minimum atomic E-state index is 0.215. The number of hydrogen-bond acceptors (Lipinski definition) is 3. The monoisotopic (exact) mass is 354 g/mol. The lowest BCUT2D eigenvalue weighted by Crippen LogP contribution is -2.39. The second kappa shape index (κ2) is 8.39. The molecule has 3 rings (SSSR count). The minimum absolute atomic E-state index is 0.215. The van der Waals surface area contributed by atoms with Gasteiger partial charge >= 0.3 is 0 Å². The molecule has 1 atom stereocenters. The van der Waals surface area contributed by atoms with Crippen LogP contribution in [0.15, 0.2) is 27.7 Å². The summed E-state index contributed by atoms with van der Waals surface area (Å²) in [5, 5.41) is 10.9. The maximum Gasteiger partial charge on any atom is 0.191 e. The van der Waals surface area contributed by atoms with Crippen molar-refractivity contribution in [3.05, 3.63) is 51.9 Å².